The van der Waals surface area contributed by atoms with Crippen LogP contribution in [0.25, 0.3) is 0 Å². The maximum absolute atomic E-state index is 13.2. The highest BCUT2D eigenvalue weighted by atomic mass is 32.7. The van der Waals surface area contributed by atoms with Crippen LogP contribution >= 0.6 is 7.58 Å². The first-order valence-electron chi connectivity index (χ1n) is 23.3. The fourth-order valence-corrected chi connectivity index (χ4v) is 11.3. The molecule has 2 aliphatic heterocycles. The number of carbonyl (C=O) groups is 1. The van der Waals surface area contributed by atoms with Crippen LogP contribution in [0.1, 0.15) is 58.2 Å². The predicted octanol–water partition coefficient (Wildman–Crippen LogP) is 9.42. The van der Waals surface area contributed by atoms with Gasteiger partial charge in [-0.1, -0.05) is 93.6 Å². The largest absolute Gasteiger partial charge is 0.694 e. The second-order valence-corrected chi connectivity index (χ2v) is 24.8. The van der Waals surface area contributed by atoms with Crippen LogP contribution in [0.4, 0.5) is 17.3 Å². The van der Waals surface area contributed by atoms with Crippen LogP contribution in [-0.2, 0) is 45.7 Å². The quantitative estimate of drug-likeness (QED) is 0.0176. The normalized spacial score (nSPS) is 18.7. The lowest BCUT2D eigenvalue weighted by Gasteiger charge is -2.42. The molecule has 15 nitrogen and oxygen atoms in total. The molecule has 7 rings (SSSR count). The van der Waals surface area contributed by atoms with Gasteiger partial charge < -0.3 is 50.2 Å². The van der Waals surface area contributed by atoms with E-state index in [1.807, 2.05) is 89.8 Å². The highest BCUT2D eigenvalue weighted by Gasteiger charge is 2.58. The lowest BCUT2D eigenvalue weighted by atomic mass is 9.80. The van der Waals surface area contributed by atoms with Gasteiger partial charge in [0.05, 0.1) is 28.4 Å². The zero-order valence-electron chi connectivity index (χ0n) is 41.2. The first-order valence-corrected chi connectivity index (χ1v) is 28.4. The monoisotopic (exact) mass is 996 g/mol. The molecule has 1 amide bonds. The van der Waals surface area contributed by atoms with Gasteiger partial charge in [0.25, 0.3) is 23.8 Å². The summed E-state index contributed by atoms with van der Waals surface area (Å²) in [5.74, 6) is 2.19. The minimum absolute atomic E-state index is 0.00363. The second kappa shape index (κ2) is 22.4. The van der Waals surface area contributed by atoms with E-state index in [-0.39, 0.29) is 24.1 Å². The number of nitrogens with one attached hydrogen (secondary N) is 1. The Labute approximate surface area is 414 Å². The van der Waals surface area contributed by atoms with Crippen molar-refractivity contribution in [3.8, 4) is 17.2 Å². The van der Waals surface area contributed by atoms with Gasteiger partial charge in [0.1, 0.15) is 67.1 Å². The molecule has 1 N–H and O–H groups in total. The summed E-state index contributed by atoms with van der Waals surface area (Å²) in [5, 5.41) is 2.65. The third kappa shape index (κ3) is 11.5. The molecular formula is C51H65N6O9PSSi+. The molecule has 367 valence electrons. The zero-order valence-corrected chi connectivity index (χ0v) is 43.9. The van der Waals surface area contributed by atoms with Crippen LogP contribution < -0.4 is 29.4 Å². The number of rotatable bonds is 22. The van der Waals surface area contributed by atoms with E-state index < -0.39 is 51.9 Å². The van der Waals surface area contributed by atoms with Crippen molar-refractivity contribution >= 4 is 57.7 Å². The Morgan fingerprint density at radius 2 is 1.38 bits per heavy atom. The Hall–Kier alpha value is -4.94. The van der Waals surface area contributed by atoms with Gasteiger partial charge in [-0.15, -0.1) is 0 Å². The summed E-state index contributed by atoms with van der Waals surface area (Å²) in [4.78, 5) is 28.9. The maximum Gasteiger partial charge on any atom is 0.291 e. The highest BCUT2D eigenvalue weighted by Crippen LogP contribution is 2.49. The van der Waals surface area contributed by atoms with E-state index in [1.54, 1.807) is 32.7 Å². The van der Waals surface area contributed by atoms with Crippen LogP contribution in [0.2, 0.25) is 18.1 Å². The van der Waals surface area contributed by atoms with E-state index in [2.05, 4.69) is 77.1 Å². The second-order valence-electron chi connectivity index (χ2n) is 18.3. The van der Waals surface area contributed by atoms with Crippen molar-refractivity contribution in [3.63, 3.8) is 0 Å². The minimum Gasteiger partial charge on any atom is -0.694 e. The van der Waals surface area contributed by atoms with Crippen molar-refractivity contribution in [1.29, 1.82) is 0 Å². The standard InChI is InChI=1S/C51H65N6O9PSSi/c1-11-57(12-2,13-3)66-67(68)64-45-42(32-62-51(36-20-16-14-17-21-36,37-24-28-39(59-7)29-25-37)38-26-30-40(60-8)31-27-38)63-49(46(45)65-69(9,10)50(4,5)6)56-35-54-44-47(52-34-53-48(44)56)55-43(58)33-61-41-22-18-15-19-23-41/h14-31,34-35,42,45-46,49H,11-13,32-33H2,1-10H3,(H,52,53,55,58)/q+1/t42-,45-,46-,49-,67?/m1/s1. The molecule has 18 heteroatoms. The number of benzene rings is 4. The zero-order chi connectivity index (χ0) is 49.4. The Morgan fingerprint density at radius 1 is 0.812 bits per heavy atom. The fourth-order valence-electron chi connectivity index (χ4n) is 8.18. The Morgan fingerprint density at radius 3 is 1.93 bits per heavy atom. The Bertz CT molecular complexity index is 2430. The SMILES string of the molecule is CC[N+](CC)(CC)OP([S-])O[C@H]1[C@@H](O[Si](C)(C)C(C)(C)C)[C@H](N2C=[N+]c3c(NC(=O)COc4ccccc4)ncnc32)O[C@@H]1COC(c1ccccc1)(c1ccc(OC)cc1)c1ccc(OC)cc1. The molecule has 3 heterocycles. The van der Waals surface area contributed by atoms with Crippen LogP contribution in [0.3, 0.4) is 0 Å². The summed E-state index contributed by atoms with van der Waals surface area (Å²) >= 11 is 6.15. The maximum atomic E-state index is 13.2. The van der Waals surface area contributed by atoms with Gasteiger partial charge in [-0.05, 0) is 97.0 Å². The van der Waals surface area contributed by atoms with Gasteiger partial charge >= 0.3 is 0 Å². The van der Waals surface area contributed by atoms with Crippen molar-refractivity contribution in [2.75, 3.05) is 57.3 Å². The van der Waals surface area contributed by atoms with E-state index in [0.717, 1.165) is 16.7 Å². The lowest BCUT2D eigenvalue weighted by Crippen LogP contribution is -2.53. The number of para-hydroxylation sites is 1. The van der Waals surface area contributed by atoms with Crippen LogP contribution in [0.5, 0.6) is 17.2 Å². The molecule has 0 saturated carbocycles. The smallest absolute Gasteiger partial charge is 0.291 e. The number of amides is 1. The van der Waals surface area contributed by atoms with Gasteiger partial charge in [0.15, 0.2) is 20.7 Å². The number of aliphatic imine (C=N–C) groups is 1. The number of nitrogens with zero attached hydrogens (tertiary/aromatic N) is 5. The molecule has 5 aromatic rings. The summed E-state index contributed by atoms with van der Waals surface area (Å²) in [7, 11) is -1.26. The number of carbonyl (C=O) groups excluding carboxylic acids is 1. The minimum atomic E-state index is -2.62. The first kappa shape index (κ1) is 51.9. The molecule has 5 atom stereocenters. The van der Waals surface area contributed by atoms with E-state index in [9.17, 15) is 4.79 Å². The topological polar surface area (TPSA) is 146 Å². The van der Waals surface area contributed by atoms with Crippen LogP contribution in [0, 0.1) is 0 Å². The van der Waals surface area contributed by atoms with E-state index >= 15 is 0 Å². The summed E-state index contributed by atoms with van der Waals surface area (Å²) in [6, 6.07) is 35.0. The van der Waals surface area contributed by atoms with Crippen molar-refractivity contribution in [2.45, 2.75) is 89.8 Å². The molecule has 1 radical (unpaired) electrons. The van der Waals surface area contributed by atoms with Gasteiger partial charge in [0, 0.05) is 0 Å². The van der Waals surface area contributed by atoms with Gasteiger partial charge in [0.2, 0.25) is 6.23 Å². The molecule has 1 unspecified atom stereocenters. The average molecular weight is 997 g/mol. The van der Waals surface area contributed by atoms with E-state index in [4.69, 9.17) is 59.5 Å². The summed E-state index contributed by atoms with van der Waals surface area (Å²) < 4.78 is 53.2. The number of fused-ring (bicyclic) bond motifs is 1. The molecule has 0 aliphatic carbocycles. The molecule has 0 bridgehead atoms. The third-order valence-corrected chi connectivity index (χ3v) is 19.2. The van der Waals surface area contributed by atoms with E-state index in [0.29, 0.717) is 53.0 Å². The number of hydrogen-bond donors (Lipinski definition) is 1. The highest BCUT2D eigenvalue weighted by molar-refractivity contribution is 8.29. The number of aromatic nitrogens is 2. The number of quaternary nitrogens is 1. The summed E-state index contributed by atoms with van der Waals surface area (Å²) in [6.45, 7) is 19.1. The molecule has 1 aromatic heterocycles. The molecule has 2 aliphatic rings. The van der Waals surface area contributed by atoms with Crippen molar-refractivity contribution in [3.05, 3.63) is 132 Å². The Kier molecular flexibility index (Phi) is 16.9. The van der Waals surface area contributed by atoms with Crippen LogP contribution in [0.15, 0.2) is 116 Å². The number of hydrogen-bond acceptors (Lipinski definition) is 14. The fraction of sp³-hybridized carbons (Fsp3) is 0.412. The van der Waals surface area contributed by atoms with Crippen molar-refractivity contribution in [2.24, 2.45) is 0 Å². The number of anilines is 2. The van der Waals surface area contributed by atoms with Gasteiger partial charge in [-0.25, -0.2) is 4.98 Å². The van der Waals surface area contributed by atoms with Crippen LogP contribution in [-0.4, -0.2) is 107 Å². The van der Waals surface area contributed by atoms with Gasteiger partial charge in [-0.3, -0.25) is 4.79 Å². The number of hydroxylamine groups is 3. The van der Waals surface area contributed by atoms with Crippen molar-refractivity contribution < 1.29 is 46.7 Å². The molecule has 1 fully saturated rings. The summed E-state index contributed by atoms with van der Waals surface area (Å²) in [6.07, 6.45) is -0.216. The molecule has 69 heavy (non-hydrogen) atoms. The van der Waals surface area contributed by atoms with Crippen molar-refractivity contribution in [1.82, 2.24) is 15.0 Å². The third-order valence-electron chi connectivity index (χ3n) is 13.3. The summed E-state index contributed by atoms with van der Waals surface area (Å²) in [5.41, 5.74) is 1.76. The molecule has 1 saturated heterocycles. The average Bonchev–Trinajstić information content (AvgIpc) is 3.94. The predicted molar refractivity (Wildman–Crippen MR) is 274 cm³/mol. The van der Waals surface area contributed by atoms with Gasteiger partial charge in [-0.2, -0.15) is 19.2 Å². The molecular weight excluding hydrogens is 932 g/mol. The van der Waals surface area contributed by atoms with E-state index in [1.165, 1.54) is 6.33 Å². The molecule has 0 spiro atoms. The lowest BCUT2D eigenvalue weighted by molar-refractivity contribution is -1.08. The number of methoxy groups -OCH3 is 2. The molecule has 4 aromatic carbocycles. The number of ether oxygens (including phenoxy) is 5. The Balaban J connectivity index is 1.31. The first-order chi connectivity index (χ1) is 33.1.